The molecule has 0 saturated carbocycles. The molecule has 9 heteroatoms. The zero-order chi connectivity index (χ0) is 13.8. The molecule has 1 rings (SSSR count). The lowest BCUT2D eigenvalue weighted by Crippen LogP contribution is -2.46. The molecule has 0 spiro atoms. The highest BCUT2D eigenvalue weighted by Crippen LogP contribution is 2.12. The van der Waals surface area contributed by atoms with Gasteiger partial charge < -0.3 is 5.32 Å². The van der Waals surface area contributed by atoms with Gasteiger partial charge in [-0.2, -0.15) is 0 Å². The quantitative estimate of drug-likeness (QED) is 0.509. The standard InChI is InChI=1S/C9H12N4O4S/c1-11-9(15)13-12-8(14)6-4-2-3-5-7(6)18(10,16)17/h2-5H,1H3,(H,12,14)(H2,10,16,17)(H2,11,13,15). The summed E-state index contributed by atoms with van der Waals surface area (Å²) in [6, 6.07) is 4.74. The average Bonchev–Trinajstić information content (AvgIpc) is 2.34. The first-order valence-corrected chi connectivity index (χ1v) is 6.31. The highest BCUT2D eigenvalue weighted by molar-refractivity contribution is 7.89. The lowest BCUT2D eigenvalue weighted by molar-refractivity contribution is 0.0933. The van der Waals surface area contributed by atoms with E-state index in [0.29, 0.717) is 0 Å². The van der Waals surface area contributed by atoms with Gasteiger partial charge in [0.15, 0.2) is 0 Å². The molecule has 0 unspecified atom stereocenters. The normalized spacial score (nSPS) is 10.6. The number of benzene rings is 1. The summed E-state index contributed by atoms with van der Waals surface area (Å²) in [5, 5.41) is 7.18. The average molecular weight is 272 g/mol. The first kappa shape index (κ1) is 13.9. The molecule has 8 nitrogen and oxygen atoms in total. The van der Waals surface area contributed by atoms with Crippen molar-refractivity contribution in [2.75, 3.05) is 7.05 Å². The van der Waals surface area contributed by atoms with Gasteiger partial charge in [-0.1, -0.05) is 12.1 Å². The minimum Gasteiger partial charge on any atom is -0.340 e. The number of hydrazine groups is 1. The number of carbonyl (C=O) groups is 2. The number of nitrogens with two attached hydrogens (primary N) is 1. The van der Waals surface area contributed by atoms with Crippen LogP contribution in [0.1, 0.15) is 10.4 Å². The number of hydrogen-bond acceptors (Lipinski definition) is 4. The Kier molecular flexibility index (Phi) is 4.23. The summed E-state index contributed by atoms with van der Waals surface area (Å²) in [5.74, 6) is -0.789. The molecule has 0 radical (unpaired) electrons. The van der Waals surface area contributed by atoms with Crippen LogP contribution in [0.2, 0.25) is 0 Å². The molecule has 0 aliphatic heterocycles. The third-order valence-electron chi connectivity index (χ3n) is 1.95. The zero-order valence-corrected chi connectivity index (χ0v) is 10.2. The molecule has 0 fully saturated rings. The van der Waals surface area contributed by atoms with Gasteiger partial charge in [0.25, 0.3) is 5.91 Å². The molecule has 0 bridgehead atoms. The fourth-order valence-corrected chi connectivity index (χ4v) is 1.88. The van der Waals surface area contributed by atoms with Crippen LogP contribution in [0.5, 0.6) is 0 Å². The van der Waals surface area contributed by atoms with Gasteiger partial charge in [-0.05, 0) is 12.1 Å². The predicted molar refractivity (Wildman–Crippen MR) is 62.9 cm³/mol. The Morgan fingerprint density at radius 3 is 2.33 bits per heavy atom. The van der Waals surface area contributed by atoms with Crippen molar-refractivity contribution in [1.29, 1.82) is 0 Å². The van der Waals surface area contributed by atoms with Crippen LogP contribution < -0.4 is 21.3 Å². The summed E-state index contributed by atoms with van der Waals surface area (Å²) < 4.78 is 22.5. The molecule has 1 aromatic rings. The molecule has 0 aromatic heterocycles. The first-order chi connectivity index (χ1) is 8.36. The van der Waals surface area contributed by atoms with Gasteiger partial charge >= 0.3 is 6.03 Å². The van der Waals surface area contributed by atoms with Crippen LogP contribution in [0.4, 0.5) is 4.79 Å². The second-order valence-corrected chi connectivity index (χ2v) is 4.73. The lowest BCUT2D eigenvalue weighted by Gasteiger charge is -2.09. The van der Waals surface area contributed by atoms with Crippen molar-refractivity contribution >= 4 is 22.0 Å². The van der Waals surface area contributed by atoms with Crippen LogP contribution in [0.15, 0.2) is 29.2 Å². The number of hydrogen-bond donors (Lipinski definition) is 4. The van der Waals surface area contributed by atoms with Gasteiger partial charge in [0, 0.05) is 7.05 Å². The molecule has 0 aliphatic carbocycles. The predicted octanol–water partition coefficient (Wildman–Crippen LogP) is -1.09. The molecule has 98 valence electrons. The van der Waals surface area contributed by atoms with E-state index in [0.717, 1.165) is 0 Å². The summed E-state index contributed by atoms with van der Waals surface area (Å²) in [6.45, 7) is 0. The summed E-state index contributed by atoms with van der Waals surface area (Å²) in [6.07, 6.45) is 0. The minimum atomic E-state index is -4.01. The van der Waals surface area contributed by atoms with Crippen LogP contribution in [-0.4, -0.2) is 27.4 Å². The molecule has 0 atom stereocenters. The van der Waals surface area contributed by atoms with Gasteiger partial charge in [0.1, 0.15) is 0 Å². The highest BCUT2D eigenvalue weighted by Gasteiger charge is 2.18. The maximum absolute atomic E-state index is 11.7. The summed E-state index contributed by atoms with van der Waals surface area (Å²) in [5.41, 5.74) is 3.91. The summed E-state index contributed by atoms with van der Waals surface area (Å²) >= 11 is 0. The Bertz CT molecular complexity index is 570. The van der Waals surface area contributed by atoms with E-state index >= 15 is 0 Å². The Labute approximate surface area is 104 Å². The van der Waals surface area contributed by atoms with Crippen LogP contribution in [0.25, 0.3) is 0 Å². The van der Waals surface area contributed by atoms with E-state index in [1.807, 2.05) is 10.9 Å². The van der Waals surface area contributed by atoms with Crippen LogP contribution in [-0.2, 0) is 10.0 Å². The van der Waals surface area contributed by atoms with Crippen molar-refractivity contribution in [3.05, 3.63) is 29.8 Å². The Morgan fingerprint density at radius 2 is 1.78 bits per heavy atom. The Hall–Kier alpha value is -2.13. The van der Waals surface area contributed by atoms with Crippen LogP contribution in [0.3, 0.4) is 0 Å². The monoisotopic (exact) mass is 272 g/mol. The molecule has 5 N–H and O–H groups in total. The van der Waals surface area contributed by atoms with Crippen molar-refractivity contribution in [2.45, 2.75) is 4.90 Å². The number of primary sulfonamides is 1. The smallest absolute Gasteiger partial charge is 0.333 e. The number of urea groups is 1. The zero-order valence-electron chi connectivity index (χ0n) is 9.43. The van der Waals surface area contributed by atoms with E-state index in [1.54, 1.807) is 0 Å². The number of sulfonamides is 1. The van der Waals surface area contributed by atoms with Gasteiger partial charge in [-0.15, -0.1) is 0 Å². The van der Waals surface area contributed by atoms with E-state index < -0.39 is 22.0 Å². The van der Waals surface area contributed by atoms with Crippen molar-refractivity contribution < 1.29 is 18.0 Å². The molecule has 0 aliphatic rings. The minimum absolute atomic E-state index is 0.156. The molecule has 0 saturated heterocycles. The third-order valence-corrected chi connectivity index (χ3v) is 2.92. The SMILES string of the molecule is CNC(=O)NNC(=O)c1ccccc1S(N)(=O)=O. The van der Waals surface area contributed by atoms with Crippen molar-refractivity contribution in [1.82, 2.24) is 16.2 Å². The molecule has 1 aromatic carbocycles. The van der Waals surface area contributed by atoms with Gasteiger partial charge in [0.05, 0.1) is 10.5 Å². The molecule has 3 amide bonds. The Morgan fingerprint density at radius 1 is 1.17 bits per heavy atom. The summed E-state index contributed by atoms with van der Waals surface area (Å²) in [4.78, 5) is 22.2. The van der Waals surface area contributed by atoms with Crippen LogP contribution in [0, 0.1) is 0 Å². The van der Waals surface area contributed by atoms with E-state index in [-0.39, 0.29) is 10.5 Å². The molecular weight excluding hydrogens is 260 g/mol. The van der Waals surface area contributed by atoms with Crippen LogP contribution >= 0.6 is 0 Å². The topological polar surface area (TPSA) is 130 Å². The van der Waals surface area contributed by atoms with E-state index in [9.17, 15) is 18.0 Å². The summed E-state index contributed by atoms with van der Waals surface area (Å²) in [7, 11) is -2.65. The molecular formula is C9H12N4O4S. The maximum Gasteiger partial charge on any atom is 0.333 e. The van der Waals surface area contributed by atoms with Crippen molar-refractivity contribution in [3.8, 4) is 0 Å². The Balaban J connectivity index is 2.97. The largest absolute Gasteiger partial charge is 0.340 e. The van der Waals surface area contributed by atoms with E-state index in [2.05, 4.69) is 5.32 Å². The van der Waals surface area contributed by atoms with E-state index in [4.69, 9.17) is 5.14 Å². The number of carbonyl (C=O) groups excluding carboxylic acids is 2. The second-order valence-electron chi connectivity index (χ2n) is 3.20. The second kappa shape index (κ2) is 5.47. The van der Waals surface area contributed by atoms with Gasteiger partial charge in [-0.25, -0.2) is 23.8 Å². The fourth-order valence-electron chi connectivity index (χ4n) is 1.15. The third kappa shape index (κ3) is 3.43. The van der Waals surface area contributed by atoms with Gasteiger partial charge in [0.2, 0.25) is 10.0 Å². The molecule has 0 heterocycles. The highest BCUT2D eigenvalue weighted by atomic mass is 32.2. The number of amides is 3. The van der Waals surface area contributed by atoms with Gasteiger partial charge in [-0.3, -0.25) is 10.2 Å². The van der Waals surface area contributed by atoms with Crippen molar-refractivity contribution in [2.24, 2.45) is 5.14 Å². The molecule has 18 heavy (non-hydrogen) atoms. The maximum atomic E-state index is 11.7. The number of rotatable bonds is 2. The van der Waals surface area contributed by atoms with E-state index in [1.165, 1.54) is 31.3 Å². The number of nitrogens with one attached hydrogen (secondary N) is 3. The lowest BCUT2D eigenvalue weighted by atomic mass is 10.2. The fraction of sp³-hybridized carbons (Fsp3) is 0.111. The van der Waals surface area contributed by atoms with Crippen molar-refractivity contribution in [3.63, 3.8) is 0 Å². The first-order valence-electron chi connectivity index (χ1n) is 4.76.